The zero-order valence-electron chi connectivity index (χ0n) is 6.30. The van der Waals surface area contributed by atoms with Gasteiger partial charge in [0.05, 0.1) is 8.55 Å². The summed E-state index contributed by atoms with van der Waals surface area (Å²) in [5, 5.41) is 9.41. The molecule has 0 saturated heterocycles. The highest BCUT2D eigenvalue weighted by atomic mass is 35.5. The summed E-state index contributed by atoms with van der Waals surface area (Å²) in [4.78, 5) is -0.714. The Kier molecular flexibility index (Phi) is 2.86. The first-order chi connectivity index (χ1) is 4.97. The Morgan fingerprint density at radius 1 is 1.55 bits per heavy atom. The van der Waals surface area contributed by atoms with Crippen LogP contribution in [0.4, 0.5) is 0 Å². The molecule has 0 amide bonds. The zero-order valence-corrected chi connectivity index (χ0v) is 8.69. The summed E-state index contributed by atoms with van der Waals surface area (Å²) in [5.41, 5.74) is 0. The lowest BCUT2D eigenvalue weighted by atomic mass is 10.5. The molecule has 11 heavy (non-hydrogen) atoms. The van der Waals surface area contributed by atoms with E-state index in [0.717, 1.165) is 8.55 Å². The van der Waals surface area contributed by atoms with Crippen molar-refractivity contribution in [1.29, 1.82) is 0 Å². The van der Waals surface area contributed by atoms with Gasteiger partial charge >= 0.3 is 0 Å². The van der Waals surface area contributed by atoms with Crippen molar-refractivity contribution in [3.8, 4) is 0 Å². The second-order valence-corrected chi connectivity index (χ2v) is 6.22. The molecule has 0 unspecified atom stereocenters. The molecule has 0 spiro atoms. The molecule has 0 aromatic carbocycles. The standard InChI is InChI=1S/C7H9ClOS2/c1-7(2,9)11-6-4-3-5(8)10-6/h3-4,9H,1-2H3. The van der Waals surface area contributed by atoms with E-state index in [2.05, 4.69) is 0 Å². The molecule has 0 atom stereocenters. The Bertz CT molecular complexity index is 239. The van der Waals surface area contributed by atoms with Crippen LogP contribution >= 0.6 is 34.7 Å². The highest BCUT2D eigenvalue weighted by molar-refractivity contribution is 8.02. The van der Waals surface area contributed by atoms with Crippen LogP contribution in [0.1, 0.15) is 13.8 Å². The van der Waals surface area contributed by atoms with E-state index in [1.807, 2.05) is 12.1 Å². The van der Waals surface area contributed by atoms with Crippen LogP contribution in [0.2, 0.25) is 4.34 Å². The van der Waals surface area contributed by atoms with E-state index in [9.17, 15) is 5.11 Å². The van der Waals surface area contributed by atoms with E-state index in [-0.39, 0.29) is 0 Å². The summed E-state index contributed by atoms with van der Waals surface area (Å²) < 4.78 is 1.80. The highest BCUT2D eigenvalue weighted by Crippen LogP contribution is 2.36. The lowest BCUT2D eigenvalue weighted by molar-refractivity contribution is 0.179. The van der Waals surface area contributed by atoms with Gasteiger partial charge in [0.1, 0.15) is 4.93 Å². The molecule has 1 nitrogen and oxygen atoms in total. The van der Waals surface area contributed by atoms with Crippen LogP contribution in [-0.4, -0.2) is 10.0 Å². The summed E-state index contributed by atoms with van der Waals surface area (Å²) in [7, 11) is 0. The molecule has 1 N–H and O–H groups in total. The van der Waals surface area contributed by atoms with E-state index in [4.69, 9.17) is 11.6 Å². The third kappa shape index (κ3) is 3.47. The number of rotatable bonds is 2. The Balaban J connectivity index is 2.65. The fraction of sp³-hybridized carbons (Fsp3) is 0.429. The SMILES string of the molecule is CC(C)(O)Sc1ccc(Cl)s1. The first-order valence-electron chi connectivity index (χ1n) is 3.14. The molecular weight excluding hydrogens is 200 g/mol. The van der Waals surface area contributed by atoms with E-state index in [1.165, 1.54) is 23.1 Å². The minimum atomic E-state index is -0.714. The highest BCUT2D eigenvalue weighted by Gasteiger charge is 2.15. The predicted molar refractivity (Wildman–Crippen MR) is 51.5 cm³/mol. The van der Waals surface area contributed by atoms with Gasteiger partial charge in [-0.05, 0) is 26.0 Å². The van der Waals surface area contributed by atoms with Crippen LogP contribution in [0.3, 0.4) is 0 Å². The molecule has 0 aliphatic heterocycles. The first kappa shape index (κ1) is 9.39. The van der Waals surface area contributed by atoms with E-state index < -0.39 is 4.93 Å². The average Bonchev–Trinajstić information content (AvgIpc) is 2.10. The summed E-state index contributed by atoms with van der Waals surface area (Å²) in [5.74, 6) is 0. The fourth-order valence-electron chi connectivity index (χ4n) is 0.599. The second-order valence-electron chi connectivity index (χ2n) is 2.61. The van der Waals surface area contributed by atoms with Crippen molar-refractivity contribution in [1.82, 2.24) is 0 Å². The third-order valence-electron chi connectivity index (χ3n) is 0.899. The second kappa shape index (κ2) is 3.35. The molecule has 4 heteroatoms. The molecule has 1 heterocycles. The van der Waals surface area contributed by atoms with Crippen molar-refractivity contribution in [2.24, 2.45) is 0 Å². The van der Waals surface area contributed by atoms with Crippen molar-refractivity contribution < 1.29 is 5.11 Å². The van der Waals surface area contributed by atoms with Gasteiger partial charge in [0.2, 0.25) is 0 Å². The van der Waals surface area contributed by atoms with E-state index in [0.29, 0.717) is 0 Å². The minimum Gasteiger partial charge on any atom is -0.380 e. The number of thioether (sulfide) groups is 1. The zero-order chi connectivity index (χ0) is 8.48. The molecule has 0 radical (unpaired) electrons. The molecule has 0 bridgehead atoms. The van der Waals surface area contributed by atoms with Gasteiger partial charge in [-0.3, -0.25) is 0 Å². The predicted octanol–water partition coefficient (Wildman–Crippen LogP) is 3.22. The topological polar surface area (TPSA) is 20.2 Å². The van der Waals surface area contributed by atoms with Crippen molar-refractivity contribution in [2.45, 2.75) is 23.0 Å². The monoisotopic (exact) mass is 208 g/mol. The maximum Gasteiger partial charge on any atom is 0.110 e. The largest absolute Gasteiger partial charge is 0.380 e. The van der Waals surface area contributed by atoms with Crippen LogP contribution < -0.4 is 0 Å². The number of hydrogen-bond donors (Lipinski definition) is 1. The van der Waals surface area contributed by atoms with Gasteiger partial charge in [0.15, 0.2) is 0 Å². The van der Waals surface area contributed by atoms with Crippen LogP contribution in [0.15, 0.2) is 16.3 Å². The van der Waals surface area contributed by atoms with Gasteiger partial charge in [-0.1, -0.05) is 23.4 Å². The summed E-state index contributed by atoms with van der Waals surface area (Å²) in [6.07, 6.45) is 0. The normalized spacial score (nSPS) is 12.0. The lowest BCUT2D eigenvalue weighted by Crippen LogP contribution is -2.10. The van der Waals surface area contributed by atoms with Crippen LogP contribution in [0.5, 0.6) is 0 Å². The maximum absolute atomic E-state index is 9.41. The van der Waals surface area contributed by atoms with Gasteiger partial charge in [-0.15, -0.1) is 11.3 Å². The minimum absolute atomic E-state index is 0.714. The molecule has 0 aliphatic rings. The van der Waals surface area contributed by atoms with Crippen molar-refractivity contribution in [3.63, 3.8) is 0 Å². The number of thiophene rings is 1. The first-order valence-corrected chi connectivity index (χ1v) is 5.15. The molecule has 0 saturated carbocycles. The third-order valence-corrected chi connectivity index (χ3v) is 3.26. The Morgan fingerprint density at radius 3 is 2.55 bits per heavy atom. The van der Waals surface area contributed by atoms with Crippen LogP contribution in [-0.2, 0) is 0 Å². The van der Waals surface area contributed by atoms with Gasteiger partial charge in [0, 0.05) is 0 Å². The maximum atomic E-state index is 9.41. The van der Waals surface area contributed by atoms with E-state index >= 15 is 0 Å². The summed E-state index contributed by atoms with van der Waals surface area (Å²) in [6, 6.07) is 3.75. The molecule has 0 fully saturated rings. The van der Waals surface area contributed by atoms with Gasteiger partial charge in [-0.25, -0.2) is 0 Å². The number of halogens is 1. The van der Waals surface area contributed by atoms with Gasteiger partial charge in [0.25, 0.3) is 0 Å². The van der Waals surface area contributed by atoms with Gasteiger partial charge in [-0.2, -0.15) is 0 Å². The van der Waals surface area contributed by atoms with Crippen molar-refractivity contribution in [2.75, 3.05) is 0 Å². The summed E-state index contributed by atoms with van der Waals surface area (Å²) in [6.45, 7) is 3.51. The number of aliphatic hydroxyl groups is 1. The Hall–Kier alpha value is 0.300. The molecule has 1 aromatic rings. The smallest absolute Gasteiger partial charge is 0.110 e. The Morgan fingerprint density at radius 2 is 2.18 bits per heavy atom. The lowest BCUT2D eigenvalue weighted by Gasteiger charge is -2.13. The quantitative estimate of drug-likeness (QED) is 0.595. The number of hydrogen-bond acceptors (Lipinski definition) is 3. The van der Waals surface area contributed by atoms with Gasteiger partial charge < -0.3 is 5.11 Å². The van der Waals surface area contributed by atoms with Crippen molar-refractivity contribution >= 4 is 34.7 Å². The molecule has 0 aliphatic carbocycles. The molecular formula is C7H9ClOS2. The molecule has 1 aromatic heterocycles. The summed E-state index contributed by atoms with van der Waals surface area (Å²) >= 11 is 8.61. The fourth-order valence-corrected chi connectivity index (χ4v) is 3.19. The molecule has 1 rings (SSSR count). The van der Waals surface area contributed by atoms with Crippen LogP contribution in [0, 0.1) is 0 Å². The Labute approximate surface area is 79.4 Å². The average molecular weight is 209 g/mol. The molecule has 62 valence electrons. The van der Waals surface area contributed by atoms with E-state index in [1.54, 1.807) is 13.8 Å². The van der Waals surface area contributed by atoms with Crippen molar-refractivity contribution in [3.05, 3.63) is 16.5 Å². The van der Waals surface area contributed by atoms with Crippen LogP contribution in [0.25, 0.3) is 0 Å².